The highest BCUT2D eigenvalue weighted by molar-refractivity contribution is 6.00. The first kappa shape index (κ1) is 71.5. The van der Waals surface area contributed by atoms with Crippen molar-refractivity contribution in [1.82, 2.24) is 47.9 Å². The first-order valence-electron chi connectivity index (χ1n) is 26.1. The van der Waals surface area contributed by atoms with Gasteiger partial charge in [-0.15, -0.1) is 0 Å². The van der Waals surface area contributed by atoms with E-state index in [0.29, 0.717) is 6.42 Å². The second kappa shape index (κ2) is 35.8. The Kier molecular flexibility index (Phi) is 32.4. The minimum Gasteiger partial charge on any atom is -0.481 e. The standard InChI is InChI=1S/C49H85N13O17/c1-10-24(7)38(47(76)54-26(9)40(69)61-39(25(8)11-2)48(77)59-32(49(78)79)19-34(53)64)62-46(75)37(23(5)6)60-45(74)31(21-36(67)68)58-42(71)28(14-12-13-17-50)56-44(73)30(20-35(65)66)57-43(72)29(15-16-33(52)63)55-41(70)27(51)18-22(3)4/h22-32,37-39H,10-21,50-51H2,1-9H3,(H2,52,63)(H2,53,64)(H,54,76)(H,55,70)(H,56,73)(H,57,72)(H,58,71)(H,59,77)(H,60,74)(H,61,69)(H,62,75)(H,65,66)(H,67,68)(H,78,79)/t24-,25-,26-,27-,28-,29-,30-,31-,32-,37-,38-,39-/m0/s1. The summed E-state index contributed by atoms with van der Waals surface area (Å²) in [6, 6.07) is -15.4. The number of carboxylic acid groups (broad SMARTS) is 3. The third-order valence-electron chi connectivity index (χ3n) is 12.6. The van der Waals surface area contributed by atoms with Gasteiger partial charge in [-0.25, -0.2) is 4.79 Å². The molecule has 0 aliphatic heterocycles. The highest BCUT2D eigenvalue weighted by Gasteiger charge is 2.38. The second-order valence-corrected chi connectivity index (χ2v) is 20.2. The summed E-state index contributed by atoms with van der Waals surface area (Å²) in [5, 5.41) is 50.3. The molecule has 0 rings (SSSR count). The lowest BCUT2D eigenvalue weighted by Crippen LogP contribution is -2.62. The summed E-state index contributed by atoms with van der Waals surface area (Å²) >= 11 is 0. The predicted octanol–water partition coefficient (Wildman–Crippen LogP) is -4.21. The fraction of sp³-hybridized carbons (Fsp3) is 0.714. The molecule has 0 unspecified atom stereocenters. The number of nitrogens with two attached hydrogens (primary N) is 4. The summed E-state index contributed by atoms with van der Waals surface area (Å²) in [6.07, 6.45) is -2.63. The number of rotatable bonds is 39. The van der Waals surface area contributed by atoms with Crippen LogP contribution in [0.15, 0.2) is 0 Å². The predicted molar refractivity (Wildman–Crippen MR) is 282 cm³/mol. The van der Waals surface area contributed by atoms with Gasteiger partial charge in [0.25, 0.3) is 0 Å². The van der Waals surface area contributed by atoms with Crippen LogP contribution in [0.1, 0.15) is 133 Å². The average Bonchev–Trinajstić information content (AvgIpc) is 3.34. The van der Waals surface area contributed by atoms with E-state index in [-0.39, 0.29) is 51.0 Å². The zero-order chi connectivity index (χ0) is 61.0. The van der Waals surface area contributed by atoms with Gasteiger partial charge in [0.1, 0.15) is 54.4 Å². The monoisotopic (exact) mass is 1130 g/mol. The largest absolute Gasteiger partial charge is 0.481 e. The van der Waals surface area contributed by atoms with E-state index in [1.807, 2.05) is 0 Å². The minimum absolute atomic E-state index is 0.0317. The third kappa shape index (κ3) is 27.1. The van der Waals surface area contributed by atoms with Crippen molar-refractivity contribution < 1.29 is 82.4 Å². The van der Waals surface area contributed by atoms with Crippen molar-refractivity contribution in [3.05, 3.63) is 0 Å². The van der Waals surface area contributed by atoms with E-state index in [1.165, 1.54) is 20.8 Å². The normalized spacial score (nSPS) is 15.7. The Morgan fingerprint density at radius 2 is 0.823 bits per heavy atom. The summed E-state index contributed by atoms with van der Waals surface area (Å²) in [7, 11) is 0. The molecule has 0 aliphatic rings. The van der Waals surface area contributed by atoms with Crippen LogP contribution in [-0.4, -0.2) is 165 Å². The van der Waals surface area contributed by atoms with Crippen LogP contribution >= 0.6 is 0 Å². The maximum Gasteiger partial charge on any atom is 0.326 e. The van der Waals surface area contributed by atoms with Gasteiger partial charge in [0, 0.05) is 6.42 Å². The van der Waals surface area contributed by atoms with Gasteiger partial charge in [-0.1, -0.05) is 68.2 Å². The van der Waals surface area contributed by atoms with Gasteiger partial charge in [0.2, 0.25) is 65.0 Å². The van der Waals surface area contributed by atoms with Crippen LogP contribution in [0, 0.1) is 23.7 Å². The second-order valence-electron chi connectivity index (χ2n) is 20.2. The van der Waals surface area contributed by atoms with Crippen molar-refractivity contribution in [2.45, 2.75) is 193 Å². The maximum atomic E-state index is 14.0. The summed E-state index contributed by atoms with van der Waals surface area (Å²) < 4.78 is 0. The number of amides is 11. The molecule has 30 heteroatoms. The highest BCUT2D eigenvalue weighted by Crippen LogP contribution is 2.14. The van der Waals surface area contributed by atoms with Crippen molar-refractivity contribution in [1.29, 1.82) is 0 Å². The van der Waals surface area contributed by atoms with Crippen molar-refractivity contribution in [3.8, 4) is 0 Å². The van der Waals surface area contributed by atoms with Gasteiger partial charge >= 0.3 is 17.9 Å². The number of carboxylic acids is 3. The summed E-state index contributed by atoms with van der Waals surface area (Å²) in [5.41, 5.74) is 22.0. The molecule has 0 saturated heterocycles. The van der Waals surface area contributed by atoms with E-state index in [2.05, 4.69) is 47.9 Å². The molecule has 0 heterocycles. The molecule has 0 aliphatic carbocycles. The van der Waals surface area contributed by atoms with Gasteiger partial charge in [-0.05, 0) is 69.2 Å². The van der Waals surface area contributed by atoms with E-state index in [9.17, 15) is 82.4 Å². The molecule has 0 spiro atoms. The summed E-state index contributed by atoms with van der Waals surface area (Å²) in [5.74, 6) is -17.8. The Morgan fingerprint density at radius 3 is 1.24 bits per heavy atom. The molecule has 448 valence electrons. The first-order valence-corrected chi connectivity index (χ1v) is 26.1. The van der Waals surface area contributed by atoms with E-state index in [4.69, 9.17) is 22.9 Å². The molecule has 0 radical (unpaired) electrons. The van der Waals surface area contributed by atoms with Crippen LogP contribution in [0.5, 0.6) is 0 Å². The van der Waals surface area contributed by atoms with Crippen molar-refractivity contribution >= 4 is 82.9 Å². The molecule has 0 aromatic carbocycles. The first-order chi connectivity index (χ1) is 36.7. The number of carbonyl (C=O) groups excluding carboxylic acids is 11. The van der Waals surface area contributed by atoms with Crippen LogP contribution in [0.25, 0.3) is 0 Å². The van der Waals surface area contributed by atoms with E-state index in [1.54, 1.807) is 41.5 Å². The van der Waals surface area contributed by atoms with Crippen LogP contribution in [0.2, 0.25) is 0 Å². The van der Waals surface area contributed by atoms with Gasteiger partial charge in [0.05, 0.1) is 25.3 Å². The molecular formula is C49H85N13O17. The number of aliphatic carboxylic acids is 3. The number of nitrogens with one attached hydrogen (secondary N) is 9. The maximum absolute atomic E-state index is 14.0. The van der Waals surface area contributed by atoms with Crippen LogP contribution in [0.4, 0.5) is 0 Å². The molecule has 11 amide bonds. The van der Waals surface area contributed by atoms with Crippen LogP contribution < -0.4 is 70.8 Å². The molecule has 12 atom stereocenters. The number of primary amides is 2. The third-order valence-corrected chi connectivity index (χ3v) is 12.6. The van der Waals surface area contributed by atoms with Crippen molar-refractivity contribution in [2.75, 3.05) is 6.54 Å². The lowest BCUT2D eigenvalue weighted by atomic mass is 9.95. The number of hydrogen-bond donors (Lipinski definition) is 16. The Balaban J connectivity index is 6.64. The van der Waals surface area contributed by atoms with Crippen molar-refractivity contribution in [2.24, 2.45) is 46.6 Å². The Labute approximate surface area is 458 Å². The lowest BCUT2D eigenvalue weighted by Gasteiger charge is -2.30. The average molecular weight is 1130 g/mol. The van der Waals surface area contributed by atoms with Gasteiger partial charge in [0.15, 0.2) is 0 Å². The topological polar surface area (TPSA) is 512 Å². The fourth-order valence-electron chi connectivity index (χ4n) is 7.54. The molecule has 0 saturated carbocycles. The Bertz CT molecular complexity index is 2160. The van der Waals surface area contributed by atoms with Gasteiger partial charge < -0.3 is 86.1 Å². The molecule has 0 fully saturated rings. The number of unbranched alkanes of at least 4 members (excludes halogenated alkanes) is 1. The molecule has 30 nitrogen and oxygen atoms in total. The van der Waals surface area contributed by atoms with Crippen molar-refractivity contribution in [3.63, 3.8) is 0 Å². The van der Waals surface area contributed by atoms with Gasteiger partial charge in [-0.3, -0.25) is 62.3 Å². The van der Waals surface area contributed by atoms with Crippen LogP contribution in [0.3, 0.4) is 0 Å². The zero-order valence-electron chi connectivity index (χ0n) is 46.4. The SMILES string of the molecule is CC[C@H](C)[C@H](NC(=O)[C@H](C)NC(=O)[C@@H](NC(=O)[C@@H](NC(=O)[C@H](CC(=O)O)NC(=O)[C@H](CCCCN)NC(=O)[C@H](CC(=O)O)NC(=O)[C@H](CCC(N)=O)NC(=O)[C@@H](N)CC(C)C)C(C)C)[C@@H](C)CC)C(=O)N[C@@H](CC(N)=O)C(=O)O. The highest BCUT2D eigenvalue weighted by atomic mass is 16.4. The molecular weight excluding hydrogens is 1040 g/mol. The molecule has 0 aromatic rings. The van der Waals surface area contributed by atoms with E-state index < -0.39 is 187 Å². The summed E-state index contributed by atoms with van der Waals surface area (Å²) in [4.78, 5) is 181. The fourth-order valence-corrected chi connectivity index (χ4v) is 7.54. The quantitative estimate of drug-likeness (QED) is 0.0260. The number of carbonyl (C=O) groups is 14. The molecule has 20 N–H and O–H groups in total. The lowest BCUT2D eigenvalue weighted by molar-refractivity contribution is -0.144. The zero-order valence-corrected chi connectivity index (χ0v) is 46.4. The van der Waals surface area contributed by atoms with Crippen LogP contribution in [-0.2, 0) is 67.1 Å². The van der Waals surface area contributed by atoms with E-state index in [0.717, 1.165) is 0 Å². The Hall–Kier alpha value is -7.50. The molecule has 0 bridgehead atoms. The van der Waals surface area contributed by atoms with E-state index >= 15 is 0 Å². The minimum atomic E-state index is -1.94. The number of hydrogen-bond acceptors (Lipinski definition) is 16. The van der Waals surface area contributed by atoms with Gasteiger partial charge in [-0.2, -0.15) is 0 Å². The smallest absolute Gasteiger partial charge is 0.326 e. The summed E-state index contributed by atoms with van der Waals surface area (Å²) in [6.45, 7) is 14.6. The molecule has 0 aromatic heterocycles. The Morgan fingerprint density at radius 1 is 0.430 bits per heavy atom. The molecule has 79 heavy (non-hydrogen) atoms.